The number of aliphatic hydroxyl groups excluding tert-OH is 1. The number of hydrogen-bond acceptors (Lipinski definition) is 6. The summed E-state index contributed by atoms with van der Waals surface area (Å²) < 4.78 is 3.47. The Morgan fingerprint density at radius 1 is 1.00 bits per heavy atom. The lowest BCUT2D eigenvalue weighted by Gasteiger charge is -2.29. The minimum Gasteiger partial charge on any atom is -0.394 e. The molecule has 1 amide bonds. The number of fused-ring (bicyclic) bond motifs is 1. The van der Waals surface area contributed by atoms with Gasteiger partial charge in [-0.3, -0.25) is 9.48 Å². The van der Waals surface area contributed by atoms with Crippen LogP contribution < -0.4 is 5.32 Å². The molecule has 0 bridgehead atoms. The first kappa shape index (κ1) is 25.3. The average Bonchev–Trinajstić information content (AvgIpc) is 3.56. The molecule has 0 unspecified atom stereocenters. The molecule has 38 heavy (non-hydrogen) atoms. The molecular weight excluding hydrogens is 480 g/mol. The van der Waals surface area contributed by atoms with E-state index >= 15 is 0 Å². The van der Waals surface area contributed by atoms with Crippen molar-refractivity contribution in [3.8, 4) is 0 Å². The van der Waals surface area contributed by atoms with Gasteiger partial charge < -0.3 is 20.1 Å². The van der Waals surface area contributed by atoms with Crippen molar-refractivity contribution >= 4 is 22.8 Å². The Balaban J connectivity index is 1.65. The molecule has 9 heteroatoms. The van der Waals surface area contributed by atoms with E-state index in [0.29, 0.717) is 64.6 Å². The van der Waals surface area contributed by atoms with Gasteiger partial charge in [0.25, 0.3) is 5.91 Å². The number of rotatable bonds is 9. The number of aliphatic hydroxyl groups is 2. The normalized spacial score (nSPS) is 11.7. The molecule has 0 fully saturated rings. The van der Waals surface area contributed by atoms with Gasteiger partial charge in [0.05, 0.1) is 41.8 Å². The second kappa shape index (κ2) is 10.6. The van der Waals surface area contributed by atoms with Crippen LogP contribution in [0.2, 0.25) is 0 Å². The second-order valence-corrected chi connectivity index (χ2v) is 8.97. The van der Waals surface area contributed by atoms with Crippen molar-refractivity contribution in [2.75, 3.05) is 11.9 Å². The van der Waals surface area contributed by atoms with Crippen molar-refractivity contribution in [2.24, 2.45) is 0 Å². The van der Waals surface area contributed by atoms with Crippen LogP contribution in [0.25, 0.3) is 11.2 Å². The maximum Gasteiger partial charge on any atom is 0.257 e. The zero-order chi connectivity index (χ0) is 26.7. The number of aromatic nitrogens is 5. The topological polar surface area (TPSA) is 118 Å². The highest BCUT2D eigenvalue weighted by Gasteiger charge is 2.39. The number of imidazole rings is 1. The molecule has 0 saturated carbocycles. The van der Waals surface area contributed by atoms with Gasteiger partial charge in [-0.05, 0) is 30.5 Å². The Hall–Kier alpha value is -4.34. The van der Waals surface area contributed by atoms with E-state index in [-0.39, 0.29) is 12.5 Å². The molecule has 0 atom stereocenters. The van der Waals surface area contributed by atoms with Crippen LogP contribution in [0.1, 0.15) is 46.9 Å². The summed E-state index contributed by atoms with van der Waals surface area (Å²) in [7, 11) is 0. The Kier molecular flexibility index (Phi) is 7.04. The van der Waals surface area contributed by atoms with Crippen LogP contribution in [0.4, 0.5) is 5.69 Å². The molecule has 5 rings (SSSR count). The summed E-state index contributed by atoms with van der Waals surface area (Å²) in [5, 5.41) is 28.5. The summed E-state index contributed by atoms with van der Waals surface area (Å²) in [5.74, 6) is 0.122. The van der Waals surface area contributed by atoms with Gasteiger partial charge in [0, 0.05) is 12.7 Å². The number of anilines is 1. The van der Waals surface area contributed by atoms with Gasteiger partial charge in [0.15, 0.2) is 17.1 Å². The zero-order valence-corrected chi connectivity index (χ0v) is 21.4. The molecule has 194 valence electrons. The standard InChI is InChI=1S/C29H30N6O3/c1-3-24-23(27(37)31-22-18-30-34(19-22)15-16-36)17-25-26(32-24)33-28(35(25)4-2)29(38,20-11-7-5-8-12-20)21-13-9-6-10-14-21/h5-14,17-19,36,38H,3-4,15-16H2,1-2H3,(H,31,37). The van der Waals surface area contributed by atoms with Crippen molar-refractivity contribution in [1.82, 2.24) is 24.3 Å². The first-order valence-electron chi connectivity index (χ1n) is 12.7. The summed E-state index contributed by atoms with van der Waals surface area (Å²) in [6.07, 6.45) is 3.73. The zero-order valence-electron chi connectivity index (χ0n) is 21.4. The molecule has 3 heterocycles. The molecule has 0 saturated heterocycles. The number of nitrogens with zero attached hydrogens (tertiary/aromatic N) is 5. The summed E-state index contributed by atoms with van der Waals surface area (Å²) in [5.41, 5.74) is 2.52. The fourth-order valence-corrected chi connectivity index (χ4v) is 4.78. The van der Waals surface area contributed by atoms with Crippen molar-refractivity contribution in [3.63, 3.8) is 0 Å². The highest BCUT2D eigenvalue weighted by molar-refractivity contribution is 6.06. The molecule has 5 aromatic rings. The number of carbonyl (C=O) groups is 1. The molecule has 0 radical (unpaired) electrons. The van der Waals surface area contributed by atoms with Crippen molar-refractivity contribution in [2.45, 2.75) is 39.0 Å². The molecule has 3 N–H and O–H groups in total. The Labute approximate surface area is 220 Å². The Morgan fingerprint density at radius 3 is 2.24 bits per heavy atom. The van der Waals surface area contributed by atoms with Gasteiger partial charge in [-0.2, -0.15) is 5.10 Å². The number of pyridine rings is 1. The van der Waals surface area contributed by atoms with Crippen LogP contribution in [0.15, 0.2) is 79.1 Å². The maximum absolute atomic E-state index is 13.3. The molecule has 3 aromatic heterocycles. The van der Waals surface area contributed by atoms with Crippen molar-refractivity contribution < 1.29 is 15.0 Å². The maximum atomic E-state index is 13.3. The highest BCUT2D eigenvalue weighted by atomic mass is 16.3. The molecule has 0 aliphatic rings. The first-order chi connectivity index (χ1) is 18.5. The molecular formula is C29H30N6O3. The van der Waals surface area contributed by atoms with E-state index in [1.54, 1.807) is 23.1 Å². The van der Waals surface area contributed by atoms with Crippen LogP contribution in [-0.4, -0.2) is 47.0 Å². The fraction of sp³-hybridized carbons (Fsp3) is 0.241. The van der Waals surface area contributed by atoms with E-state index in [9.17, 15) is 9.90 Å². The van der Waals surface area contributed by atoms with Crippen LogP contribution >= 0.6 is 0 Å². The van der Waals surface area contributed by atoms with E-state index < -0.39 is 5.60 Å². The lowest BCUT2D eigenvalue weighted by Crippen LogP contribution is -2.32. The smallest absolute Gasteiger partial charge is 0.257 e. The van der Waals surface area contributed by atoms with E-state index in [1.165, 1.54) is 0 Å². The van der Waals surface area contributed by atoms with Crippen LogP contribution in [0.5, 0.6) is 0 Å². The SMILES string of the molecule is CCc1nc2nc(C(O)(c3ccccc3)c3ccccc3)n(CC)c2cc1C(=O)Nc1cnn(CCO)c1. The highest BCUT2D eigenvalue weighted by Crippen LogP contribution is 2.37. The second-order valence-electron chi connectivity index (χ2n) is 8.97. The van der Waals surface area contributed by atoms with Crippen molar-refractivity contribution in [3.05, 3.63) is 107 Å². The predicted molar refractivity (Wildman–Crippen MR) is 145 cm³/mol. The molecule has 0 aliphatic heterocycles. The third-order valence-electron chi connectivity index (χ3n) is 6.64. The first-order valence-corrected chi connectivity index (χ1v) is 12.7. The van der Waals surface area contributed by atoms with E-state index in [2.05, 4.69) is 10.4 Å². The third-order valence-corrected chi connectivity index (χ3v) is 6.64. The molecule has 9 nitrogen and oxygen atoms in total. The number of benzene rings is 2. The van der Waals surface area contributed by atoms with Gasteiger partial charge in [0.2, 0.25) is 0 Å². The molecule has 0 spiro atoms. The Bertz CT molecular complexity index is 1520. The van der Waals surface area contributed by atoms with E-state index in [4.69, 9.17) is 15.1 Å². The minimum atomic E-state index is -1.53. The van der Waals surface area contributed by atoms with Gasteiger partial charge in [-0.1, -0.05) is 67.6 Å². The monoisotopic (exact) mass is 510 g/mol. The molecule has 2 aromatic carbocycles. The minimum absolute atomic E-state index is 0.0444. The van der Waals surface area contributed by atoms with Crippen LogP contribution in [0.3, 0.4) is 0 Å². The van der Waals surface area contributed by atoms with Gasteiger partial charge >= 0.3 is 0 Å². The number of carbonyl (C=O) groups excluding carboxylic acids is 1. The van der Waals surface area contributed by atoms with Crippen LogP contribution in [-0.2, 0) is 25.1 Å². The van der Waals surface area contributed by atoms with E-state index in [1.807, 2.05) is 79.1 Å². The number of hydrogen-bond donors (Lipinski definition) is 3. The molecule has 0 aliphatic carbocycles. The fourth-order valence-electron chi connectivity index (χ4n) is 4.78. The number of amides is 1. The third kappa shape index (κ3) is 4.46. The quantitative estimate of drug-likeness (QED) is 0.278. The average molecular weight is 511 g/mol. The van der Waals surface area contributed by atoms with Crippen LogP contribution in [0, 0.1) is 0 Å². The number of aryl methyl sites for hydroxylation is 2. The van der Waals surface area contributed by atoms with E-state index in [0.717, 1.165) is 0 Å². The van der Waals surface area contributed by atoms with Gasteiger partial charge in [0.1, 0.15) is 0 Å². The lowest BCUT2D eigenvalue weighted by molar-refractivity contribution is 0.102. The Morgan fingerprint density at radius 2 is 1.66 bits per heavy atom. The van der Waals surface area contributed by atoms with Crippen molar-refractivity contribution in [1.29, 1.82) is 0 Å². The predicted octanol–water partition coefficient (Wildman–Crippen LogP) is 3.74. The summed E-state index contributed by atoms with van der Waals surface area (Å²) >= 11 is 0. The lowest BCUT2D eigenvalue weighted by atomic mass is 9.85. The largest absolute Gasteiger partial charge is 0.394 e. The summed E-state index contributed by atoms with van der Waals surface area (Å²) in [6.45, 7) is 4.72. The summed E-state index contributed by atoms with van der Waals surface area (Å²) in [6, 6.07) is 20.7. The van der Waals surface area contributed by atoms with Gasteiger partial charge in [-0.25, -0.2) is 9.97 Å². The van der Waals surface area contributed by atoms with Gasteiger partial charge in [-0.15, -0.1) is 0 Å². The summed E-state index contributed by atoms with van der Waals surface area (Å²) in [4.78, 5) is 23.0. The number of nitrogens with one attached hydrogen (secondary N) is 1.